The largest absolute Gasteiger partial charge is 0.479 e. The molecule has 0 spiro atoms. The Bertz CT molecular complexity index is 579. The molecule has 0 aliphatic carbocycles. The van der Waals surface area contributed by atoms with Gasteiger partial charge in [-0.25, -0.2) is 18.4 Å². The molecular weight excluding hydrogens is 296 g/mol. The van der Waals surface area contributed by atoms with Crippen molar-refractivity contribution in [2.45, 2.75) is 10.3 Å². The molecule has 8 nitrogen and oxygen atoms in total. The normalized spacial score (nSPS) is 12.9. The number of carbonyl (C=O) groups is 2. The maximum Gasteiger partial charge on any atom is 0.334 e. The number of aliphatic carboxylic acids is 1. The van der Waals surface area contributed by atoms with E-state index in [1.165, 1.54) is 12.5 Å². The smallest absolute Gasteiger partial charge is 0.334 e. The van der Waals surface area contributed by atoms with Gasteiger partial charge in [-0.3, -0.25) is 4.79 Å². The predicted octanol–water partition coefficient (Wildman–Crippen LogP) is -0.775. The van der Waals surface area contributed by atoms with Gasteiger partial charge < -0.3 is 15.2 Å². The van der Waals surface area contributed by atoms with Crippen molar-refractivity contribution < 1.29 is 27.9 Å². The summed E-state index contributed by atoms with van der Waals surface area (Å²) in [4.78, 5) is 22.3. The van der Waals surface area contributed by atoms with Crippen LogP contribution >= 0.6 is 11.3 Å². The van der Waals surface area contributed by atoms with E-state index in [2.05, 4.69) is 10.1 Å². The first-order valence-electron chi connectivity index (χ1n) is 4.91. The summed E-state index contributed by atoms with van der Waals surface area (Å²) in [7, 11) is -2.64. The molecule has 1 atom stereocenters. The SMILES string of the molecule is COC(CNC(=O)c1csc(S(N)(=O)=O)c1)C(=O)O. The average molecular weight is 308 g/mol. The lowest BCUT2D eigenvalue weighted by Gasteiger charge is -2.10. The Hall–Kier alpha value is -1.49. The molecule has 10 heteroatoms. The van der Waals surface area contributed by atoms with Crippen molar-refractivity contribution in [3.8, 4) is 0 Å². The zero-order valence-corrected chi connectivity index (χ0v) is 11.5. The molecule has 0 saturated heterocycles. The van der Waals surface area contributed by atoms with Crippen LogP contribution in [0.5, 0.6) is 0 Å². The Labute approximate surface area is 113 Å². The van der Waals surface area contributed by atoms with Crippen LogP contribution in [0.15, 0.2) is 15.7 Å². The van der Waals surface area contributed by atoms with Crippen LogP contribution in [-0.2, 0) is 19.6 Å². The molecule has 4 N–H and O–H groups in total. The van der Waals surface area contributed by atoms with E-state index in [1.807, 2.05) is 0 Å². The van der Waals surface area contributed by atoms with Crippen molar-refractivity contribution >= 4 is 33.2 Å². The Morgan fingerprint density at radius 1 is 1.58 bits per heavy atom. The van der Waals surface area contributed by atoms with E-state index >= 15 is 0 Å². The summed E-state index contributed by atoms with van der Waals surface area (Å²) < 4.78 is 26.5. The second-order valence-corrected chi connectivity index (χ2v) is 6.17. The van der Waals surface area contributed by atoms with Crippen molar-refractivity contribution in [3.05, 3.63) is 17.0 Å². The number of hydrogen-bond acceptors (Lipinski definition) is 6. The third-order valence-corrected chi connectivity index (χ3v) is 4.51. The first kappa shape index (κ1) is 15.6. The molecule has 1 rings (SSSR count). The lowest BCUT2D eigenvalue weighted by Crippen LogP contribution is -2.37. The summed E-state index contributed by atoms with van der Waals surface area (Å²) in [6, 6.07) is 1.12. The molecule has 0 aliphatic rings. The van der Waals surface area contributed by atoms with Gasteiger partial charge in [0.05, 0.1) is 12.1 Å². The fourth-order valence-corrected chi connectivity index (χ4v) is 2.73. The van der Waals surface area contributed by atoms with Gasteiger partial charge in [-0.05, 0) is 6.07 Å². The van der Waals surface area contributed by atoms with Gasteiger partial charge >= 0.3 is 5.97 Å². The number of carboxylic acid groups (broad SMARTS) is 1. The predicted molar refractivity (Wildman–Crippen MR) is 66.5 cm³/mol. The Morgan fingerprint density at radius 2 is 2.21 bits per heavy atom. The molecule has 1 aromatic heterocycles. The Kier molecular flexibility index (Phi) is 5.00. The summed E-state index contributed by atoms with van der Waals surface area (Å²) in [5, 5.41) is 17.2. The van der Waals surface area contributed by atoms with Crippen molar-refractivity contribution in [1.82, 2.24) is 5.32 Å². The molecule has 106 valence electrons. The highest BCUT2D eigenvalue weighted by Gasteiger charge is 2.19. The van der Waals surface area contributed by atoms with Crippen molar-refractivity contribution in [2.75, 3.05) is 13.7 Å². The number of nitrogens with two attached hydrogens (primary N) is 1. The molecule has 1 unspecified atom stereocenters. The fraction of sp³-hybridized carbons (Fsp3) is 0.333. The fourth-order valence-electron chi connectivity index (χ4n) is 1.14. The Balaban J connectivity index is 2.69. The third-order valence-electron chi connectivity index (χ3n) is 2.13. The standard InChI is InChI=1S/C9H12N2O6S2/c1-17-6(9(13)14)3-11-8(12)5-2-7(18-4-5)19(10,15)16/h2,4,6H,3H2,1H3,(H,11,12)(H,13,14)(H2,10,15,16). The molecule has 1 amide bonds. The van der Waals surface area contributed by atoms with E-state index in [0.29, 0.717) is 0 Å². The molecular formula is C9H12N2O6S2. The van der Waals surface area contributed by atoms with Gasteiger partial charge in [0.2, 0.25) is 10.0 Å². The molecule has 0 fully saturated rings. The number of thiophene rings is 1. The molecule has 19 heavy (non-hydrogen) atoms. The maximum atomic E-state index is 11.6. The molecule has 0 aromatic carbocycles. The van der Waals surface area contributed by atoms with Crippen LogP contribution in [0.2, 0.25) is 0 Å². The highest BCUT2D eigenvalue weighted by Crippen LogP contribution is 2.18. The first-order valence-corrected chi connectivity index (χ1v) is 7.33. The van der Waals surface area contributed by atoms with Crippen molar-refractivity contribution in [1.29, 1.82) is 0 Å². The summed E-state index contributed by atoms with van der Waals surface area (Å²) >= 11 is 0.810. The summed E-state index contributed by atoms with van der Waals surface area (Å²) in [6.45, 7) is -0.231. The van der Waals surface area contributed by atoms with Gasteiger partial charge in [-0.15, -0.1) is 11.3 Å². The number of nitrogens with one attached hydrogen (secondary N) is 1. The average Bonchev–Trinajstić information content (AvgIpc) is 2.77. The molecule has 1 heterocycles. The number of rotatable bonds is 6. The van der Waals surface area contributed by atoms with Gasteiger partial charge in [0.1, 0.15) is 4.21 Å². The molecule has 1 aromatic rings. The zero-order chi connectivity index (χ0) is 14.6. The minimum absolute atomic E-state index is 0.0919. The van der Waals surface area contributed by atoms with Gasteiger partial charge in [0, 0.05) is 12.5 Å². The van der Waals surface area contributed by atoms with Crippen LogP contribution in [0.3, 0.4) is 0 Å². The number of carboxylic acids is 1. The van der Waals surface area contributed by atoms with Gasteiger partial charge in [0.15, 0.2) is 6.10 Å². The number of carbonyl (C=O) groups excluding carboxylic acids is 1. The van der Waals surface area contributed by atoms with Gasteiger partial charge in [-0.2, -0.15) is 0 Å². The number of hydrogen-bond donors (Lipinski definition) is 3. The van der Waals surface area contributed by atoms with E-state index < -0.39 is 28.0 Å². The minimum atomic E-state index is -3.85. The van der Waals surface area contributed by atoms with Crippen LogP contribution < -0.4 is 10.5 Å². The topological polar surface area (TPSA) is 136 Å². The maximum absolute atomic E-state index is 11.6. The number of primary sulfonamides is 1. The van der Waals surface area contributed by atoms with Gasteiger partial charge in [-0.1, -0.05) is 0 Å². The summed E-state index contributed by atoms with van der Waals surface area (Å²) in [6.07, 6.45) is -1.17. The monoisotopic (exact) mass is 308 g/mol. The highest BCUT2D eigenvalue weighted by molar-refractivity contribution is 7.91. The van der Waals surface area contributed by atoms with Crippen LogP contribution in [-0.4, -0.2) is 45.2 Å². The van der Waals surface area contributed by atoms with Crippen LogP contribution in [0.4, 0.5) is 0 Å². The van der Waals surface area contributed by atoms with Crippen LogP contribution in [0.1, 0.15) is 10.4 Å². The summed E-state index contributed by atoms with van der Waals surface area (Å²) in [5.74, 6) is -1.81. The first-order chi connectivity index (χ1) is 8.75. The van der Waals surface area contributed by atoms with E-state index in [9.17, 15) is 18.0 Å². The third kappa shape index (κ3) is 4.28. The molecule has 0 saturated carbocycles. The quantitative estimate of drug-likeness (QED) is 0.631. The Morgan fingerprint density at radius 3 is 2.63 bits per heavy atom. The van der Waals surface area contributed by atoms with E-state index in [4.69, 9.17) is 10.2 Å². The summed E-state index contributed by atoms with van der Waals surface area (Å²) in [5.41, 5.74) is 0.0919. The van der Waals surface area contributed by atoms with Crippen molar-refractivity contribution in [2.24, 2.45) is 5.14 Å². The van der Waals surface area contributed by atoms with E-state index in [-0.39, 0.29) is 16.3 Å². The minimum Gasteiger partial charge on any atom is -0.479 e. The lowest BCUT2D eigenvalue weighted by atomic mass is 10.3. The lowest BCUT2D eigenvalue weighted by molar-refractivity contribution is -0.148. The van der Waals surface area contributed by atoms with Crippen molar-refractivity contribution in [3.63, 3.8) is 0 Å². The van der Waals surface area contributed by atoms with Gasteiger partial charge in [0.25, 0.3) is 5.91 Å². The molecule has 0 radical (unpaired) electrons. The van der Waals surface area contributed by atoms with Crippen LogP contribution in [0.25, 0.3) is 0 Å². The van der Waals surface area contributed by atoms with Crippen LogP contribution in [0, 0.1) is 0 Å². The second-order valence-electron chi connectivity index (χ2n) is 3.47. The second kappa shape index (κ2) is 6.10. The number of sulfonamides is 1. The molecule has 0 bridgehead atoms. The zero-order valence-electron chi connectivity index (χ0n) is 9.82. The van der Waals surface area contributed by atoms with E-state index in [0.717, 1.165) is 17.4 Å². The number of methoxy groups -OCH3 is 1. The highest BCUT2D eigenvalue weighted by atomic mass is 32.2. The molecule has 0 aliphatic heterocycles. The number of ether oxygens (including phenoxy) is 1. The number of amides is 1. The van der Waals surface area contributed by atoms with E-state index in [1.54, 1.807) is 0 Å².